The van der Waals surface area contributed by atoms with Gasteiger partial charge in [-0.25, -0.2) is 4.99 Å². The van der Waals surface area contributed by atoms with Crippen molar-refractivity contribution in [2.24, 2.45) is 15.9 Å². The number of alkyl halides is 2. The molecule has 0 bridgehead atoms. The van der Waals surface area contributed by atoms with Crippen LogP contribution in [-0.4, -0.2) is 59.1 Å². The maximum atomic E-state index is 11.2. The van der Waals surface area contributed by atoms with Gasteiger partial charge in [-0.15, -0.1) is 0 Å². The predicted octanol–water partition coefficient (Wildman–Crippen LogP) is 11.4. The lowest BCUT2D eigenvalue weighted by Gasteiger charge is -2.32. The number of allylic oxidation sites excluding steroid dienone is 3. The third-order valence-electron chi connectivity index (χ3n) is 6.31. The lowest BCUT2D eigenvalue weighted by molar-refractivity contribution is 0.423. The average molecular weight is 802 g/mol. The van der Waals surface area contributed by atoms with Gasteiger partial charge < -0.3 is 9.84 Å². The van der Waals surface area contributed by atoms with Crippen LogP contribution in [0.5, 0.6) is 11.5 Å². The number of aliphatic imine (C=N–C) groups is 2. The molecule has 2 atom stereocenters. The molecule has 43 heavy (non-hydrogen) atoms. The van der Waals surface area contributed by atoms with Crippen LogP contribution in [0.1, 0.15) is 84.1 Å². The summed E-state index contributed by atoms with van der Waals surface area (Å²) in [5.74, 6) is 3.35. The summed E-state index contributed by atoms with van der Waals surface area (Å²) in [6.45, 7) is 10.7. The third-order valence-corrected chi connectivity index (χ3v) is 9.09. The highest BCUT2D eigenvalue weighted by atomic mass is 79.9. The van der Waals surface area contributed by atoms with Crippen molar-refractivity contribution < 1.29 is 11.2 Å². The molecule has 4 nitrogen and oxygen atoms in total. The summed E-state index contributed by atoms with van der Waals surface area (Å²) in [6, 6.07) is 4.06. The molecule has 1 aliphatic carbocycles. The number of unbranched alkanes of at least 4 members (excludes halogenated alkanes) is 2. The van der Waals surface area contributed by atoms with E-state index in [0.717, 1.165) is 76.7 Å². The highest BCUT2D eigenvalue weighted by Crippen LogP contribution is 2.47. The fourth-order valence-corrected chi connectivity index (χ4v) is 6.49. The van der Waals surface area contributed by atoms with Crippen molar-refractivity contribution in [1.82, 2.24) is 0 Å². The van der Waals surface area contributed by atoms with Gasteiger partial charge in [0.05, 0.1) is 7.85 Å². The Kier molecular flexibility index (Phi) is 29.3. The Balaban J connectivity index is 0. The lowest BCUT2D eigenvalue weighted by atomic mass is 9.73. The monoisotopic (exact) mass is 799 g/mol. The number of ether oxygens (including phenoxy) is 1. The fourth-order valence-electron chi connectivity index (χ4n) is 4.22. The maximum Gasteiger partial charge on any atom is 0.251 e. The Morgan fingerprint density at radius 1 is 1.21 bits per heavy atom. The van der Waals surface area contributed by atoms with E-state index < -0.39 is 0 Å². The number of thioether (sulfide) groups is 1. The van der Waals surface area contributed by atoms with E-state index in [0.29, 0.717) is 16.9 Å². The molecular weight excluding hydrogens is 750 g/mol. The number of phenols is 1. The largest absolute Gasteiger partial charge is 0.507 e. The maximum absolute atomic E-state index is 11.2. The number of aromatic hydroxyl groups is 1. The molecule has 0 spiro atoms. The van der Waals surface area contributed by atoms with Gasteiger partial charge in [-0.3, -0.25) is 4.99 Å². The van der Waals surface area contributed by atoms with Crippen molar-refractivity contribution in [2.75, 3.05) is 36.3 Å². The standard InChI is InChI=1S/C26H38BrNO2S.C3H7BrS.C2H3Cl2N.CH3B/c1-6-7-8-10-20-16-23(29)25(22-15-19(4)11-12-21(22)18(2)3)24(17-20)30-26(28-5)31-14-9-13-27;4-2-1-3-5;1-5-2(3)4;1-2/h15-17,21-22,29H,2,6-14H2,1,3-5H3;5H,1-3H2;1H3;1H3/t21-,22+;;;/m0.../s1/i;;;1D. The highest BCUT2D eigenvalue weighted by Gasteiger charge is 2.31. The van der Waals surface area contributed by atoms with E-state index in [4.69, 9.17) is 29.3 Å². The molecule has 1 aliphatic rings. The summed E-state index contributed by atoms with van der Waals surface area (Å²) in [7, 11) is 7.80. The van der Waals surface area contributed by atoms with Gasteiger partial charge in [-0.2, -0.15) is 12.6 Å². The first-order chi connectivity index (χ1) is 21.0. The van der Waals surface area contributed by atoms with Gasteiger partial charge in [0.15, 0.2) is 4.63 Å². The summed E-state index contributed by atoms with van der Waals surface area (Å²) >= 11 is 22.3. The number of hydrogen-bond acceptors (Lipinski definition) is 6. The second-order valence-electron chi connectivity index (χ2n) is 9.73. The lowest BCUT2D eigenvalue weighted by Crippen LogP contribution is -2.19. The van der Waals surface area contributed by atoms with Crippen LogP contribution in [-0.2, 0) is 6.42 Å². The zero-order valence-electron chi connectivity index (χ0n) is 27.5. The smallest absolute Gasteiger partial charge is 0.251 e. The van der Waals surface area contributed by atoms with Crippen LogP contribution in [0.3, 0.4) is 0 Å². The topological polar surface area (TPSA) is 54.2 Å². The van der Waals surface area contributed by atoms with E-state index >= 15 is 0 Å². The highest BCUT2D eigenvalue weighted by molar-refractivity contribution is 9.09. The number of halogens is 4. The van der Waals surface area contributed by atoms with Crippen LogP contribution in [0.4, 0.5) is 0 Å². The number of benzene rings is 1. The van der Waals surface area contributed by atoms with Crippen LogP contribution in [0.15, 0.2) is 45.9 Å². The normalized spacial score (nSPS) is 16.1. The Bertz CT molecular complexity index is 1010. The number of phenolic OH excluding ortho intramolecular Hbond substituents is 1. The molecule has 0 unspecified atom stereocenters. The summed E-state index contributed by atoms with van der Waals surface area (Å²) < 4.78 is 12.4. The molecule has 0 aliphatic heterocycles. The first-order valence-electron chi connectivity index (χ1n) is 15.2. The van der Waals surface area contributed by atoms with Crippen molar-refractivity contribution in [1.29, 1.82) is 0 Å². The van der Waals surface area contributed by atoms with Gasteiger partial charge >= 0.3 is 0 Å². The van der Waals surface area contributed by atoms with E-state index in [-0.39, 0.29) is 17.3 Å². The summed E-state index contributed by atoms with van der Waals surface area (Å²) in [5.41, 5.74) is 4.50. The minimum absolute atomic E-state index is 0. The Hall–Kier alpha value is -0.0551. The van der Waals surface area contributed by atoms with E-state index in [1.54, 1.807) is 18.8 Å². The van der Waals surface area contributed by atoms with Gasteiger partial charge in [0.2, 0.25) is 0 Å². The van der Waals surface area contributed by atoms with Crippen LogP contribution >= 0.6 is 79.5 Å². The van der Waals surface area contributed by atoms with Gasteiger partial charge in [0.1, 0.15) is 11.5 Å². The Labute approximate surface area is 301 Å². The Morgan fingerprint density at radius 2 is 1.84 bits per heavy atom. The number of aryl methyl sites for hydroxylation is 1. The van der Waals surface area contributed by atoms with Gasteiger partial charge in [0, 0.05) is 43.4 Å². The van der Waals surface area contributed by atoms with E-state index in [1.807, 2.05) is 6.07 Å². The Morgan fingerprint density at radius 3 is 2.30 bits per heavy atom. The molecule has 1 N–H and O–H groups in total. The van der Waals surface area contributed by atoms with Crippen LogP contribution in [0.2, 0.25) is 6.80 Å². The fraction of sp³-hybridized carbons (Fsp3) is 0.625. The number of hydrogen-bond donors (Lipinski definition) is 2. The third kappa shape index (κ3) is 20.6. The van der Waals surface area contributed by atoms with Crippen LogP contribution in [0, 0.1) is 5.92 Å². The van der Waals surface area contributed by atoms with E-state index in [9.17, 15) is 5.11 Å². The quantitative estimate of drug-likeness (QED) is 0.0421. The van der Waals surface area contributed by atoms with Gasteiger partial charge in [-0.1, -0.05) is 94.0 Å². The molecule has 0 fully saturated rings. The predicted molar refractivity (Wildman–Crippen MR) is 209 cm³/mol. The molecular formula is C32H51BBr2Cl2N2O2S2. The average Bonchev–Trinajstić information content (AvgIpc) is 2.98. The van der Waals surface area contributed by atoms with Crippen molar-refractivity contribution in [3.05, 3.63) is 47.1 Å². The molecule has 11 heteroatoms. The van der Waals surface area contributed by atoms with E-state index in [1.165, 1.54) is 31.9 Å². The summed E-state index contributed by atoms with van der Waals surface area (Å²) in [5, 5.41) is 13.9. The first kappa shape index (κ1) is 42.9. The number of rotatable bonds is 12. The minimum Gasteiger partial charge on any atom is -0.507 e. The number of nitrogens with zero attached hydrogens (tertiary/aromatic N) is 2. The molecule has 0 heterocycles. The van der Waals surface area contributed by atoms with Crippen molar-refractivity contribution in [3.8, 4) is 11.5 Å². The van der Waals surface area contributed by atoms with Crippen molar-refractivity contribution in [2.45, 2.75) is 84.9 Å². The summed E-state index contributed by atoms with van der Waals surface area (Å²) in [6.07, 6.45) is 11.0. The molecule has 0 aromatic heterocycles. The molecule has 0 amide bonds. The molecule has 1 aromatic carbocycles. The second kappa shape index (κ2) is 29.4. The SMILES string of the molecule is C=C(C)[C@@H]1CCC(C)=C[C@H]1c1c(O)cc(CCCCC)cc1OC(=NC)SCCCBr.CN=C(Cl)Cl.SCCCBr.[2H]C[B]. The molecule has 244 valence electrons. The molecule has 0 saturated carbocycles. The van der Waals surface area contributed by atoms with Crippen molar-refractivity contribution in [3.63, 3.8) is 0 Å². The second-order valence-corrected chi connectivity index (χ2v) is 13.7. The van der Waals surface area contributed by atoms with Gasteiger partial charge in [-0.05, 0) is 105 Å². The molecule has 2 rings (SSSR count). The zero-order chi connectivity index (χ0) is 33.9. The van der Waals surface area contributed by atoms with Crippen LogP contribution in [0.25, 0.3) is 0 Å². The van der Waals surface area contributed by atoms with Crippen LogP contribution < -0.4 is 4.74 Å². The minimum atomic E-state index is 0. The van der Waals surface area contributed by atoms with Crippen molar-refractivity contribution >= 4 is 97.2 Å². The van der Waals surface area contributed by atoms with E-state index in [2.05, 4.69) is 102 Å². The van der Waals surface area contributed by atoms with Gasteiger partial charge in [0.25, 0.3) is 5.23 Å². The molecule has 1 aromatic rings. The molecule has 0 saturated heterocycles. The number of thiol groups is 1. The first-order valence-corrected chi connectivity index (χ1v) is 19.1. The summed E-state index contributed by atoms with van der Waals surface area (Å²) in [4.78, 5) is 7.71. The zero-order valence-corrected chi connectivity index (χ0v) is 32.9. The molecule has 2 radical (unpaired) electrons.